The molecule has 1 amide bonds. The molecule has 0 saturated carbocycles. The molecule has 2 heterocycles. The van der Waals surface area contributed by atoms with Crippen LogP contribution in [0.25, 0.3) is 0 Å². The molecule has 3 rings (SSSR count). The van der Waals surface area contributed by atoms with Crippen LogP contribution in [0.3, 0.4) is 0 Å². The number of nitrogens with zero attached hydrogens (tertiary/aromatic N) is 3. The Labute approximate surface area is 168 Å². The summed E-state index contributed by atoms with van der Waals surface area (Å²) in [5.41, 5.74) is 0.685. The van der Waals surface area contributed by atoms with Gasteiger partial charge in [0, 0.05) is 26.1 Å². The number of oxime groups is 1. The number of aromatic nitrogens is 2. The lowest BCUT2D eigenvalue weighted by Gasteiger charge is -2.23. The molecule has 0 radical (unpaired) electrons. The summed E-state index contributed by atoms with van der Waals surface area (Å²) >= 11 is 0. The molecule has 0 bridgehead atoms. The highest BCUT2D eigenvalue weighted by atomic mass is 16.7. The standard InChI is InChI=1S/C20H24N4O5/c1-27-11-10-24-17(8-9-22-24)18(25)21-14-16-13-20(29-23-16,19(26)28-2)12-15-6-4-3-5-7-15/h3-9H,10-14H2,1-2H3,(H,21,25). The lowest BCUT2D eigenvalue weighted by atomic mass is 9.89. The third kappa shape index (κ3) is 4.80. The number of nitrogens with one attached hydrogen (secondary N) is 1. The summed E-state index contributed by atoms with van der Waals surface area (Å²) < 4.78 is 11.5. The molecule has 1 aliphatic heterocycles. The van der Waals surface area contributed by atoms with Crippen molar-refractivity contribution in [1.29, 1.82) is 0 Å². The lowest BCUT2D eigenvalue weighted by molar-refractivity contribution is -0.166. The van der Waals surface area contributed by atoms with Gasteiger partial charge in [-0.2, -0.15) is 5.10 Å². The van der Waals surface area contributed by atoms with Crippen molar-refractivity contribution < 1.29 is 23.9 Å². The van der Waals surface area contributed by atoms with Gasteiger partial charge in [0.1, 0.15) is 5.69 Å². The number of amides is 1. The monoisotopic (exact) mass is 400 g/mol. The van der Waals surface area contributed by atoms with E-state index in [-0.39, 0.29) is 18.9 Å². The van der Waals surface area contributed by atoms with Crippen LogP contribution in [0.15, 0.2) is 47.8 Å². The maximum atomic E-state index is 12.5. The molecular weight excluding hydrogens is 376 g/mol. The van der Waals surface area contributed by atoms with Crippen molar-refractivity contribution >= 4 is 17.6 Å². The molecule has 1 aromatic carbocycles. The maximum absolute atomic E-state index is 12.5. The molecule has 9 nitrogen and oxygen atoms in total. The predicted octanol–water partition coefficient (Wildman–Crippen LogP) is 1.19. The summed E-state index contributed by atoms with van der Waals surface area (Å²) in [6.07, 6.45) is 2.12. The summed E-state index contributed by atoms with van der Waals surface area (Å²) in [5, 5.41) is 11.0. The quantitative estimate of drug-likeness (QED) is 0.634. The van der Waals surface area contributed by atoms with Gasteiger partial charge in [-0.05, 0) is 11.6 Å². The van der Waals surface area contributed by atoms with E-state index >= 15 is 0 Å². The van der Waals surface area contributed by atoms with Crippen LogP contribution in [-0.4, -0.2) is 60.3 Å². The summed E-state index contributed by atoms with van der Waals surface area (Å²) in [7, 11) is 2.91. The highest BCUT2D eigenvalue weighted by Gasteiger charge is 2.47. The fourth-order valence-corrected chi connectivity index (χ4v) is 3.18. The molecule has 0 saturated heterocycles. The van der Waals surface area contributed by atoms with Crippen molar-refractivity contribution in [1.82, 2.24) is 15.1 Å². The molecule has 2 aromatic rings. The normalized spacial score (nSPS) is 18.1. The van der Waals surface area contributed by atoms with Crippen molar-refractivity contribution in [3.05, 3.63) is 53.9 Å². The summed E-state index contributed by atoms with van der Waals surface area (Å²) in [6.45, 7) is 1.07. The van der Waals surface area contributed by atoms with Crippen LogP contribution >= 0.6 is 0 Å². The molecule has 0 spiro atoms. The van der Waals surface area contributed by atoms with Gasteiger partial charge < -0.3 is 19.6 Å². The highest BCUT2D eigenvalue weighted by Crippen LogP contribution is 2.29. The number of methoxy groups -OCH3 is 2. The van der Waals surface area contributed by atoms with E-state index in [1.165, 1.54) is 7.11 Å². The molecular formula is C20H24N4O5. The van der Waals surface area contributed by atoms with E-state index in [9.17, 15) is 9.59 Å². The molecule has 0 aliphatic carbocycles. The second-order valence-corrected chi connectivity index (χ2v) is 6.69. The van der Waals surface area contributed by atoms with Gasteiger partial charge in [0.15, 0.2) is 0 Å². The number of hydrogen-bond donors (Lipinski definition) is 1. The van der Waals surface area contributed by atoms with Gasteiger partial charge in [0.05, 0.1) is 32.5 Å². The topological polar surface area (TPSA) is 104 Å². The number of rotatable bonds is 9. The lowest BCUT2D eigenvalue weighted by Crippen LogP contribution is -2.43. The van der Waals surface area contributed by atoms with Crippen LogP contribution < -0.4 is 5.32 Å². The molecule has 154 valence electrons. The van der Waals surface area contributed by atoms with Crippen molar-refractivity contribution in [3.8, 4) is 0 Å². The Hall–Kier alpha value is -3.20. The van der Waals surface area contributed by atoms with E-state index in [0.717, 1.165) is 5.56 Å². The molecule has 9 heteroatoms. The Bertz CT molecular complexity index is 880. The van der Waals surface area contributed by atoms with Gasteiger partial charge in [-0.15, -0.1) is 0 Å². The Morgan fingerprint density at radius 1 is 1.24 bits per heavy atom. The van der Waals surface area contributed by atoms with Crippen LogP contribution in [0.5, 0.6) is 0 Å². The largest absolute Gasteiger partial charge is 0.466 e. The van der Waals surface area contributed by atoms with Crippen molar-refractivity contribution in [3.63, 3.8) is 0 Å². The van der Waals surface area contributed by atoms with Crippen LogP contribution in [0.2, 0.25) is 0 Å². The van der Waals surface area contributed by atoms with Gasteiger partial charge >= 0.3 is 5.97 Å². The number of esters is 1. The van der Waals surface area contributed by atoms with Crippen LogP contribution in [0.4, 0.5) is 0 Å². The second-order valence-electron chi connectivity index (χ2n) is 6.69. The van der Waals surface area contributed by atoms with Crippen molar-refractivity contribution in [2.24, 2.45) is 5.16 Å². The number of hydrogen-bond acceptors (Lipinski definition) is 7. The van der Waals surface area contributed by atoms with Crippen molar-refractivity contribution in [2.45, 2.75) is 25.0 Å². The Morgan fingerprint density at radius 2 is 2.03 bits per heavy atom. The Balaban J connectivity index is 1.62. The Kier molecular flexibility index (Phi) is 6.61. The Morgan fingerprint density at radius 3 is 2.76 bits per heavy atom. The van der Waals surface area contributed by atoms with E-state index in [1.54, 1.807) is 24.1 Å². The van der Waals surface area contributed by atoms with E-state index in [4.69, 9.17) is 14.3 Å². The smallest absolute Gasteiger partial charge is 0.353 e. The first-order valence-corrected chi connectivity index (χ1v) is 9.23. The van der Waals surface area contributed by atoms with Gasteiger partial charge in [-0.3, -0.25) is 9.48 Å². The zero-order valence-electron chi connectivity index (χ0n) is 16.5. The number of carbonyl (C=O) groups is 2. The summed E-state index contributed by atoms with van der Waals surface area (Å²) in [6, 6.07) is 11.1. The van der Waals surface area contributed by atoms with Gasteiger partial charge in [0.25, 0.3) is 5.91 Å². The van der Waals surface area contributed by atoms with E-state index in [0.29, 0.717) is 31.0 Å². The predicted molar refractivity (Wildman–Crippen MR) is 104 cm³/mol. The maximum Gasteiger partial charge on any atom is 0.353 e. The van der Waals surface area contributed by atoms with Crippen LogP contribution in [0.1, 0.15) is 22.5 Å². The third-order valence-electron chi connectivity index (χ3n) is 4.64. The number of carbonyl (C=O) groups excluding carboxylic acids is 2. The van der Waals surface area contributed by atoms with Crippen LogP contribution in [-0.2, 0) is 32.1 Å². The fourth-order valence-electron chi connectivity index (χ4n) is 3.18. The first-order chi connectivity index (χ1) is 14.1. The van der Waals surface area contributed by atoms with Crippen LogP contribution in [0, 0.1) is 0 Å². The average molecular weight is 400 g/mol. The van der Waals surface area contributed by atoms with Gasteiger partial charge in [-0.1, -0.05) is 35.5 Å². The van der Waals surface area contributed by atoms with E-state index < -0.39 is 11.6 Å². The molecule has 1 atom stereocenters. The average Bonchev–Trinajstić information content (AvgIpc) is 3.38. The molecule has 0 fully saturated rings. The minimum atomic E-state index is -1.23. The number of ether oxygens (including phenoxy) is 2. The first-order valence-electron chi connectivity index (χ1n) is 9.23. The third-order valence-corrected chi connectivity index (χ3v) is 4.64. The summed E-state index contributed by atoms with van der Waals surface area (Å²) in [4.78, 5) is 30.5. The van der Waals surface area contributed by atoms with E-state index in [1.807, 2.05) is 30.3 Å². The first kappa shape index (κ1) is 20.5. The zero-order valence-corrected chi connectivity index (χ0v) is 16.5. The van der Waals surface area contributed by atoms with E-state index in [2.05, 4.69) is 15.6 Å². The fraction of sp³-hybridized carbons (Fsp3) is 0.400. The number of benzene rings is 1. The minimum Gasteiger partial charge on any atom is -0.466 e. The summed E-state index contributed by atoms with van der Waals surface area (Å²) in [5.74, 6) is -0.788. The van der Waals surface area contributed by atoms with Crippen molar-refractivity contribution in [2.75, 3.05) is 27.4 Å². The molecule has 1 aliphatic rings. The molecule has 1 aromatic heterocycles. The highest BCUT2D eigenvalue weighted by molar-refractivity contribution is 5.99. The SMILES string of the molecule is COCCn1nccc1C(=O)NCC1=NOC(Cc2ccccc2)(C(=O)OC)C1. The van der Waals surface area contributed by atoms with Gasteiger partial charge in [0.2, 0.25) is 5.60 Å². The minimum absolute atomic E-state index is 0.155. The zero-order chi connectivity index (χ0) is 20.7. The molecule has 1 N–H and O–H groups in total. The molecule has 1 unspecified atom stereocenters. The molecule has 29 heavy (non-hydrogen) atoms. The van der Waals surface area contributed by atoms with Gasteiger partial charge in [-0.25, -0.2) is 4.79 Å². The second kappa shape index (κ2) is 9.33.